The van der Waals surface area contributed by atoms with Gasteiger partial charge in [-0.15, -0.1) is 0 Å². The Hall–Kier alpha value is -1.32. The summed E-state index contributed by atoms with van der Waals surface area (Å²) in [5, 5.41) is 0. The SMILES string of the molecule is COC(=O)[C@]12CCC(C)(C)CC1C1=CCC3[C@@]4(C)CCC(OC(C)=O)C(C)(C)C4CC[C@@]3(C)[C@]1(C)CC2. The van der Waals surface area contributed by atoms with Gasteiger partial charge in [0.15, 0.2) is 0 Å². The molecule has 37 heavy (non-hydrogen) atoms. The predicted octanol–water partition coefficient (Wildman–Crippen LogP) is 7.89. The zero-order chi connectivity index (χ0) is 27.2. The number of fused-ring (bicyclic) bond motifs is 7. The van der Waals surface area contributed by atoms with Crippen LogP contribution in [0.2, 0.25) is 0 Å². The molecule has 5 aliphatic carbocycles. The van der Waals surface area contributed by atoms with Crippen molar-refractivity contribution in [3.63, 3.8) is 0 Å². The second kappa shape index (κ2) is 8.34. The molecule has 8 atom stereocenters. The summed E-state index contributed by atoms with van der Waals surface area (Å²) in [6, 6.07) is 0. The maximum absolute atomic E-state index is 13.4. The lowest BCUT2D eigenvalue weighted by Gasteiger charge is -2.71. The molecule has 208 valence electrons. The van der Waals surface area contributed by atoms with Gasteiger partial charge in [-0.05, 0) is 104 Å². The van der Waals surface area contributed by atoms with Gasteiger partial charge >= 0.3 is 11.9 Å². The van der Waals surface area contributed by atoms with E-state index < -0.39 is 0 Å². The van der Waals surface area contributed by atoms with Crippen molar-refractivity contribution in [1.82, 2.24) is 0 Å². The third-order valence-electron chi connectivity index (χ3n) is 13.5. The topological polar surface area (TPSA) is 52.6 Å². The number of hydrogen-bond donors (Lipinski definition) is 0. The third-order valence-corrected chi connectivity index (χ3v) is 13.5. The molecule has 4 saturated carbocycles. The summed E-state index contributed by atoms with van der Waals surface area (Å²) in [4.78, 5) is 25.3. The quantitative estimate of drug-likeness (QED) is 0.279. The van der Waals surface area contributed by atoms with Crippen molar-refractivity contribution < 1.29 is 19.1 Å². The summed E-state index contributed by atoms with van der Waals surface area (Å²) in [5.74, 6) is 1.33. The fourth-order valence-corrected chi connectivity index (χ4v) is 11.2. The largest absolute Gasteiger partial charge is 0.469 e. The number of hydrogen-bond acceptors (Lipinski definition) is 4. The van der Waals surface area contributed by atoms with Crippen LogP contribution in [-0.4, -0.2) is 25.2 Å². The first-order valence-electron chi connectivity index (χ1n) is 15.0. The number of ether oxygens (including phenoxy) is 2. The van der Waals surface area contributed by atoms with Gasteiger partial charge < -0.3 is 9.47 Å². The van der Waals surface area contributed by atoms with Crippen LogP contribution in [0.3, 0.4) is 0 Å². The first kappa shape index (κ1) is 27.3. The number of esters is 2. The van der Waals surface area contributed by atoms with Gasteiger partial charge in [0.25, 0.3) is 0 Å². The van der Waals surface area contributed by atoms with E-state index >= 15 is 0 Å². The van der Waals surface area contributed by atoms with Gasteiger partial charge in [0.05, 0.1) is 12.5 Å². The third kappa shape index (κ3) is 3.58. The Morgan fingerprint density at radius 1 is 0.865 bits per heavy atom. The van der Waals surface area contributed by atoms with Gasteiger partial charge in [-0.1, -0.05) is 60.1 Å². The summed E-state index contributed by atoms with van der Waals surface area (Å²) in [6.07, 6.45) is 13.4. The van der Waals surface area contributed by atoms with Gasteiger partial charge in [0.1, 0.15) is 6.10 Å². The standard InChI is InChI=1S/C33H52O4/c1-21(34)37-26-13-14-30(6)24(29(26,4)5)12-15-32(8)25(30)11-10-22-23-20-28(2,3)16-18-33(23,27(35)36-9)19-17-31(22,32)7/h10,23-26H,11-20H2,1-9H3/t23?,24?,25?,26?,30-,31+,32+,33-/m0/s1. The molecule has 0 N–H and O–H groups in total. The highest BCUT2D eigenvalue weighted by Crippen LogP contribution is 2.75. The summed E-state index contributed by atoms with van der Waals surface area (Å²) in [7, 11) is 1.59. The van der Waals surface area contributed by atoms with E-state index in [1.165, 1.54) is 12.8 Å². The summed E-state index contributed by atoms with van der Waals surface area (Å²) in [5.41, 5.74) is 2.01. The summed E-state index contributed by atoms with van der Waals surface area (Å²) >= 11 is 0. The molecular weight excluding hydrogens is 460 g/mol. The minimum Gasteiger partial charge on any atom is -0.469 e. The lowest BCUT2D eigenvalue weighted by Crippen LogP contribution is -2.65. The second-order valence-corrected chi connectivity index (χ2v) is 15.8. The molecule has 4 unspecified atom stereocenters. The van der Waals surface area contributed by atoms with Crippen molar-refractivity contribution in [2.45, 2.75) is 126 Å². The van der Waals surface area contributed by atoms with Crippen molar-refractivity contribution in [3.8, 4) is 0 Å². The number of carbonyl (C=O) groups excluding carboxylic acids is 2. The Bertz CT molecular complexity index is 1010. The van der Waals surface area contributed by atoms with E-state index in [-0.39, 0.29) is 50.5 Å². The van der Waals surface area contributed by atoms with Crippen LogP contribution < -0.4 is 0 Å². The Morgan fingerprint density at radius 2 is 1.54 bits per heavy atom. The van der Waals surface area contributed by atoms with Crippen LogP contribution >= 0.6 is 0 Å². The highest BCUT2D eigenvalue weighted by atomic mass is 16.5. The first-order chi connectivity index (χ1) is 17.1. The molecule has 4 fully saturated rings. The van der Waals surface area contributed by atoms with E-state index in [2.05, 4.69) is 54.5 Å². The van der Waals surface area contributed by atoms with Gasteiger partial charge in [0.2, 0.25) is 0 Å². The molecule has 0 spiro atoms. The minimum absolute atomic E-state index is 0.0116. The van der Waals surface area contributed by atoms with Gasteiger partial charge in [-0.25, -0.2) is 0 Å². The summed E-state index contributed by atoms with van der Waals surface area (Å²) < 4.78 is 11.4. The average molecular weight is 513 g/mol. The van der Waals surface area contributed by atoms with Crippen molar-refractivity contribution in [1.29, 1.82) is 0 Å². The molecule has 5 aliphatic rings. The summed E-state index contributed by atoms with van der Waals surface area (Å²) in [6.45, 7) is 18.8. The fourth-order valence-electron chi connectivity index (χ4n) is 11.2. The number of allylic oxidation sites excluding steroid dienone is 2. The normalized spacial score (nSPS) is 47.8. The van der Waals surface area contributed by atoms with Crippen LogP contribution in [0.15, 0.2) is 11.6 Å². The molecule has 0 saturated heterocycles. The van der Waals surface area contributed by atoms with Crippen LogP contribution in [-0.2, 0) is 19.1 Å². The maximum Gasteiger partial charge on any atom is 0.312 e. The molecule has 0 bridgehead atoms. The van der Waals surface area contributed by atoms with Crippen molar-refractivity contribution >= 4 is 11.9 Å². The molecule has 4 heteroatoms. The number of methoxy groups -OCH3 is 1. The molecule has 0 aromatic rings. The predicted molar refractivity (Wildman–Crippen MR) is 147 cm³/mol. The molecule has 5 rings (SSSR count). The zero-order valence-corrected chi connectivity index (χ0v) is 25.1. The van der Waals surface area contributed by atoms with E-state index in [4.69, 9.17) is 9.47 Å². The monoisotopic (exact) mass is 512 g/mol. The Kier molecular flexibility index (Phi) is 6.14. The lowest BCUT2D eigenvalue weighted by molar-refractivity contribution is -0.213. The molecule has 0 heterocycles. The van der Waals surface area contributed by atoms with Crippen molar-refractivity contribution in [3.05, 3.63) is 11.6 Å². The van der Waals surface area contributed by atoms with Gasteiger partial charge in [-0.2, -0.15) is 0 Å². The molecule has 0 aromatic heterocycles. The molecule has 0 aromatic carbocycles. The fraction of sp³-hybridized carbons (Fsp3) is 0.879. The van der Waals surface area contributed by atoms with E-state index in [1.807, 2.05) is 0 Å². The first-order valence-corrected chi connectivity index (χ1v) is 15.0. The van der Waals surface area contributed by atoms with Gasteiger partial charge in [0, 0.05) is 12.3 Å². The van der Waals surface area contributed by atoms with E-state index in [0.29, 0.717) is 17.8 Å². The van der Waals surface area contributed by atoms with Crippen LogP contribution in [0.5, 0.6) is 0 Å². The number of carbonyl (C=O) groups is 2. The molecule has 4 nitrogen and oxygen atoms in total. The van der Waals surface area contributed by atoms with Crippen molar-refractivity contribution in [2.75, 3.05) is 7.11 Å². The van der Waals surface area contributed by atoms with E-state index in [0.717, 1.165) is 51.4 Å². The van der Waals surface area contributed by atoms with E-state index in [9.17, 15) is 9.59 Å². The van der Waals surface area contributed by atoms with Gasteiger partial charge in [-0.3, -0.25) is 9.59 Å². The van der Waals surface area contributed by atoms with Crippen LogP contribution in [0.25, 0.3) is 0 Å². The molecule has 0 radical (unpaired) electrons. The highest BCUT2D eigenvalue weighted by Gasteiger charge is 2.69. The van der Waals surface area contributed by atoms with E-state index in [1.54, 1.807) is 19.6 Å². The Labute approximate surface area is 225 Å². The molecular formula is C33H52O4. The average Bonchev–Trinajstić information content (AvgIpc) is 2.80. The Morgan fingerprint density at radius 3 is 2.19 bits per heavy atom. The van der Waals surface area contributed by atoms with Crippen LogP contribution in [0, 0.1) is 50.2 Å². The molecule has 0 amide bonds. The van der Waals surface area contributed by atoms with Crippen molar-refractivity contribution in [2.24, 2.45) is 50.2 Å². The van der Waals surface area contributed by atoms with Crippen LogP contribution in [0.1, 0.15) is 120 Å². The lowest BCUT2D eigenvalue weighted by atomic mass is 9.33. The number of rotatable bonds is 2. The van der Waals surface area contributed by atoms with Crippen LogP contribution in [0.4, 0.5) is 0 Å². The Balaban J connectivity index is 1.55. The second-order valence-electron chi connectivity index (χ2n) is 15.8. The maximum atomic E-state index is 13.4. The zero-order valence-electron chi connectivity index (χ0n) is 25.1. The smallest absolute Gasteiger partial charge is 0.312 e. The minimum atomic E-state index is -0.343. The molecule has 0 aliphatic heterocycles. The highest BCUT2D eigenvalue weighted by molar-refractivity contribution is 5.78.